The molecule has 0 aromatic heterocycles. The zero-order valence-corrected chi connectivity index (χ0v) is 7.59. The van der Waals surface area contributed by atoms with Crippen molar-refractivity contribution in [1.29, 1.82) is 0 Å². The molecule has 0 heteroatoms. The van der Waals surface area contributed by atoms with E-state index in [1.807, 2.05) is 0 Å². The Balaban J connectivity index is 0.000000112. The number of rotatable bonds is 0. The molecule has 0 aromatic carbocycles. The van der Waals surface area contributed by atoms with Crippen LogP contribution in [0.5, 0.6) is 0 Å². The van der Waals surface area contributed by atoms with Gasteiger partial charge in [0.25, 0.3) is 0 Å². The second-order valence-electron chi connectivity index (χ2n) is 3.62. The first-order chi connectivity index (χ1) is 5.30. The SMILES string of the molecule is C1=CCCC=C1.C[C@@H]1C[C@@H]1C. The topological polar surface area (TPSA) is 0 Å². The second-order valence-corrected chi connectivity index (χ2v) is 3.62. The Morgan fingerprint density at radius 1 is 0.909 bits per heavy atom. The molecule has 11 heavy (non-hydrogen) atoms. The zero-order chi connectivity index (χ0) is 8.10. The van der Waals surface area contributed by atoms with Gasteiger partial charge in [-0.05, 0) is 31.1 Å². The van der Waals surface area contributed by atoms with Crippen LogP contribution in [0.1, 0.15) is 33.1 Å². The van der Waals surface area contributed by atoms with Gasteiger partial charge in [0.2, 0.25) is 0 Å². The minimum atomic E-state index is 1.05. The molecule has 0 aliphatic heterocycles. The lowest BCUT2D eigenvalue weighted by Crippen LogP contribution is -1.67. The first-order valence-corrected chi connectivity index (χ1v) is 4.62. The summed E-state index contributed by atoms with van der Waals surface area (Å²) in [5, 5.41) is 0. The van der Waals surface area contributed by atoms with Gasteiger partial charge in [0.05, 0.1) is 0 Å². The van der Waals surface area contributed by atoms with E-state index in [-0.39, 0.29) is 0 Å². The molecule has 0 spiro atoms. The molecule has 0 radical (unpaired) electrons. The third-order valence-electron chi connectivity index (χ3n) is 2.40. The van der Waals surface area contributed by atoms with Crippen molar-refractivity contribution in [2.75, 3.05) is 0 Å². The Morgan fingerprint density at radius 2 is 1.27 bits per heavy atom. The highest BCUT2D eigenvalue weighted by atomic mass is 14.3. The van der Waals surface area contributed by atoms with Crippen molar-refractivity contribution in [2.24, 2.45) is 11.8 Å². The predicted octanol–water partition coefficient (Wildman–Crippen LogP) is 3.55. The van der Waals surface area contributed by atoms with E-state index in [0.717, 1.165) is 11.8 Å². The highest BCUT2D eigenvalue weighted by molar-refractivity contribution is 5.07. The summed E-state index contributed by atoms with van der Waals surface area (Å²) in [6.07, 6.45) is 12.5. The zero-order valence-electron chi connectivity index (χ0n) is 7.59. The molecule has 2 rings (SSSR count). The average Bonchev–Trinajstić information content (AvgIpc) is 2.69. The first kappa shape index (κ1) is 8.58. The fourth-order valence-electron chi connectivity index (χ4n) is 1.05. The van der Waals surface area contributed by atoms with Crippen LogP contribution in [-0.4, -0.2) is 0 Å². The largest absolute Gasteiger partial charge is 0.0842 e. The van der Waals surface area contributed by atoms with Crippen LogP contribution in [0.3, 0.4) is 0 Å². The van der Waals surface area contributed by atoms with Gasteiger partial charge in [-0.1, -0.05) is 38.2 Å². The van der Waals surface area contributed by atoms with Crippen molar-refractivity contribution < 1.29 is 0 Å². The fraction of sp³-hybridized carbons (Fsp3) is 0.636. The summed E-state index contributed by atoms with van der Waals surface area (Å²) in [6, 6.07) is 0. The highest BCUT2D eigenvalue weighted by Crippen LogP contribution is 2.36. The van der Waals surface area contributed by atoms with Crippen LogP contribution in [0, 0.1) is 11.8 Å². The first-order valence-electron chi connectivity index (χ1n) is 4.62. The van der Waals surface area contributed by atoms with E-state index in [1.54, 1.807) is 0 Å². The molecule has 2 aliphatic rings. The van der Waals surface area contributed by atoms with Gasteiger partial charge in [0.15, 0.2) is 0 Å². The van der Waals surface area contributed by atoms with Crippen LogP contribution in [0.2, 0.25) is 0 Å². The smallest absolute Gasteiger partial charge is 0.0313 e. The monoisotopic (exact) mass is 150 g/mol. The number of allylic oxidation sites excluding steroid dienone is 4. The summed E-state index contributed by atoms with van der Waals surface area (Å²) >= 11 is 0. The van der Waals surface area contributed by atoms with Gasteiger partial charge in [0, 0.05) is 0 Å². The van der Waals surface area contributed by atoms with Crippen molar-refractivity contribution in [1.82, 2.24) is 0 Å². The van der Waals surface area contributed by atoms with E-state index < -0.39 is 0 Å². The Kier molecular flexibility index (Phi) is 3.41. The summed E-state index contributed by atoms with van der Waals surface area (Å²) in [5.74, 6) is 2.10. The molecular formula is C11H18. The van der Waals surface area contributed by atoms with E-state index in [0.29, 0.717) is 0 Å². The van der Waals surface area contributed by atoms with E-state index in [2.05, 4.69) is 38.2 Å². The lowest BCUT2D eigenvalue weighted by atomic mass is 10.2. The molecule has 0 unspecified atom stereocenters. The minimum Gasteiger partial charge on any atom is -0.0842 e. The summed E-state index contributed by atoms with van der Waals surface area (Å²) in [6.45, 7) is 4.59. The van der Waals surface area contributed by atoms with Gasteiger partial charge in [-0.25, -0.2) is 0 Å². The molecule has 0 heterocycles. The maximum atomic E-state index is 2.30. The van der Waals surface area contributed by atoms with Crippen molar-refractivity contribution in [3.05, 3.63) is 24.3 Å². The summed E-state index contributed by atoms with van der Waals surface area (Å²) in [7, 11) is 0. The van der Waals surface area contributed by atoms with Crippen LogP contribution >= 0.6 is 0 Å². The maximum absolute atomic E-state index is 2.30. The molecule has 0 aromatic rings. The molecule has 2 aliphatic carbocycles. The Bertz CT molecular complexity index is 135. The lowest BCUT2D eigenvalue weighted by molar-refractivity contribution is 0.834. The van der Waals surface area contributed by atoms with Gasteiger partial charge in [-0.2, -0.15) is 0 Å². The van der Waals surface area contributed by atoms with Gasteiger partial charge in [-0.15, -0.1) is 0 Å². The standard InChI is InChI=1S/C6H8.C5H10/c1-2-4-6-5-3-1;1-4-3-5(4)2/h1-4H,5-6H2;4-5H,3H2,1-2H3/t;4-,5+. The van der Waals surface area contributed by atoms with Crippen LogP contribution < -0.4 is 0 Å². The van der Waals surface area contributed by atoms with Crippen molar-refractivity contribution >= 4 is 0 Å². The van der Waals surface area contributed by atoms with Gasteiger partial charge in [0.1, 0.15) is 0 Å². The highest BCUT2D eigenvalue weighted by Gasteiger charge is 2.26. The quantitative estimate of drug-likeness (QED) is 0.495. The van der Waals surface area contributed by atoms with E-state index in [4.69, 9.17) is 0 Å². The normalized spacial score (nSPS) is 32.5. The van der Waals surface area contributed by atoms with Crippen LogP contribution in [0.15, 0.2) is 24.3 Å². The molecule has 0 bridgehead atoms. The maximum Gasteiger partial charge on any atom is -0.0313 e. The Morgan fingerprint density at radius 3 is 1.36 bits per heavy atom. The molecule has 0 saturated heterocycles. The molecule has 2 atom stereocenters. The Hall–Kier alpha value is -0.520. The molecule has 1 saturated carbocycles. The molecule has 0 N–H and O–H groups in total. The van der Waals surface area contributed by atoms with E-state index >= 15 is 0 Å². The van der Waals surface area contributed by atoms with E-state index in [1.165, 1.54) is 19.3 Å². The number of hydrogen-bond donors (Lipinski definition) is 0. The van der Waals surface area contributed by atoms with Gasteiger partial charge >= 0.3 is 0 Å². The van der Waals surface area contributed by atoms with Crippen LogP contribution in [0.4, 0.5) is 0 Å². The van der Waals surface area contributed by atoms with Crippen molar-refractivity contribution in [3.8, 4) is 0 Å². The Labute approximate surface area is 70.0 Å². The van der Waals surface area contributed by atoms with Crippen LogP contribution in [-0.2, 0) is 0 Å². The summed E-state index contributed by atoms with van der Waals surface area (Å²) in [4.78, 5) is 0. The van der Waals surface area contributed by atoms with E-state index in [9.17, 15) is 0 Å². The lowest BCUT2D eigenvalue weighted by Gasteiger charge is -1.88. The minimum absolute atomic E-state index is 1.05. The summed E-state index contributed by atoms with van der Waals surface area (Å²) in [5.41, 5.74) is 0. The molecule has 1 fully saturated rings. The third-order valence-corrected chi connectivity index (χ3v) is 2.40. The molecule has 0 amide bonds. The molecular weight excluding hydrogens is 132 g/mol. The van der Waals surface area contributed by atoms with Crippen molar-refractivity contribution in [3.63, 3.8) is 0 Å². The summed E-state index contributed by atoms with van der Waals surface area (Å²) < 4.78 is 0. The third kappa shape index (κ3) is 4.02. The van der Waals surface area contributed by atoms with Crippen LogP contribution in [0.25, 0.3) is 0 Å². The van der Waals surface area contributed by atoms with Gasteiger partial charge < -0.3 is 0 Å². The molecule has 62 valence electrons. The predicted molar refractivity (Wildman–Crippen MR) is 50.5 cm³/mol. The fourth-order valence-corrected chi connectivity index (χ4v) is 1.05. The average molecular weight is 150 g/mol. The van der Waals surface area contributed by atoms with Crippen molar-refractivity contribution in [2.45, 2.75) is 33.1 Å². The second kappa shape index (κ2) is 4.38. The van der Waals surface area contributed by atoms with Gasteiger partial charge in [-0.3, -0.25) is 0 Å². The number of hydrogen-bond acceptors (Lipinski definition) is 0. The molecule has 0 nitrogen and oxygen atoms in total.